The van der Waals surface area contributed by atoms with Crippen molar-refractivity contribution in [2.45, 2.75) is 25.4 Å². The Morgan fingerprint density at radius 1 is 1.22 bits per heavy atom. The van der Waals surface area contributed by atoms with E-state index in [2.05, 4.69) is 10.2 Å². The van der Waals surface area contributed by atoms with Crippen molar-refractivity contribution in [2.75, 3.05) is 13.1 Å². The number of carbonyl (C=O) groups is 1. The number of amides is 1. The number of carbonyl (C=O) groups excluding carboxylic acids is 1. The van der Waals surface area contributed by atoms with Crippen molar-refractivity contribution in [2.24, 2.45) is 0 Å². The molecule has 1 aromatic heterocycles. The molecule has 0 unspecified atom stereocenters. The zero-order valence-corrected chi connectivity index (χ0v) is 17.6. The highest BCUT2D eigenvalue weighted by Crippen LogP contribution is 2.25. The number of piperidine rings is 1. The Balaban J connectivity index is 1.38. The van der Waals surface area contributed by atoms with Gasteiger partial charge in [-0.2, -0.15) is 0 Å². The minimum atomic E-state index is -0.561. The minimum Gasteiger partial charge on any atom is -0.451 e. The van der Waals surface area contributed by atoms with Crippen molar-refractivity contribution in [1.29, 1.82) is 0 Å². The average Bonchev–Trinajstić information content (AvgIpc) is 2.76. The molecule has 1 amide bonds. The highest BCUT2D eigenvalue weighted by molar-refractivity contribution is 6.31. The van der Waals surface area contributed by atoms with E-state index >= 15 is 0 Å². The molecule has 0 radical (unpaired) electrons. The van der Waals surface area contributed by atoms with Crippen molar-refractivity contribution in [3.63, 3.8) is 0 Å². The van der Waals surface area contributed by atoms with Crippen LogP contribution in [0.15, 0.2) is 51.7 Å². The lowest BCUT2D eigenvalue weighted by Crippen LogP contribution is -2.44. The summed E-state index contributed by atoms with van der Waals surface area (Å²) in [4.78, 5) is 37.4. The number of nitro benzene ring substituents is 1. The van der Waals surface area contributed by atoms with Crippen molar-refractivity contribution >= 4 is 34.2 Å². The van der Waals surface area contributed by atoms with Crippen LogP contribution in [0.5, 0.6) is 0 Å². The Morgan fingerprint density at radius 3 is 2.69 bits per heavy atom. The van der Waals surface area contributed by atoms with Crippen LogP contribution < -0.4 is 10.7 Å². The van der Waals surface area contributed by atoms with Gasteiger partial charge in [-0.05, 0) is 36.6 Å². The number of nitrogens with zero attached hydrogens (tertiary/aromatic N) is 2. The number of hydrogen-bond donors (Lipinski definition) is 1. The smallest absolute Gasteiger partial charge is 0.287 e. The van der Waals surface area contributed by atoms with Gasteiger partial charge in [-0.15, -0.1) is 0 Å². The van der Waals surface area contributed by atoms with Gasteiger partial charge in [0.25, 0.3) is 11.6 Å². The van der Waals surface area contributed by atoms with Crippen LogP contribution in [0.1, 0.15) is 29.0 Å². The molecular weight excluding hydrogens is 441 g/mol. The summed E-state index contributed by atoms with van der Waals surface area (Å²) >= 11 is 6.18. The SMILES string of the molecule is O=C(NC1CCN(Cc2cc([N+](=O)[O-])ccc2Cl)CC1)c1cc(=O)c2ccc(F)cc2o1. The van der Waals surface area contributed by atoms with Crippen LogP contribution >= 0.6 is 11.6 Å². The fourth-order valence-electron chi connectivity index (χ4n) is 3.77. The molecule has 3 aromatic rings. The van der Waals surface area contributed by atoms with Gasteiger partial charge in [-0.1, -0.05) is 11.6 Å². The Morgan fingerprint density at radius 2 is 1.97 bits per heavy atom. The number of nitro groups is 1. The molecule has 2 heterocycles. The lowest BCUT2D eigenvalue weighted by molar-refractivity contribution is -0.384. The van der Waals surface area contributed by atoms with Crippen LogP contribution in [-0.2, 0) is 6.54 Å². The molecule has 166 valence electrons. The molecule has 1 N–H and O–H groups in total. The topological polar surface area (TPSA) is 106 Å². The molecule has 1 saturated heterocycles. The van der Waals surface area contributed by atoms with E-state index in [4.69, 9.17) is 16.0 Å². The number of likely N-dealkylation sites (tertiary alicyclic amines) is 1. The van der Waals surface area contributed by atoms with E-state index in [1.54, 1.807) is 0 Å². The Labute approximate surface area is 186 Å². The molecule has 0 bridgehead atoms. The van der Waals surface area contributed by atoms with Crippen molar-refractivity contribution in [3.05, 3.63) is 85.0 Å². The Kier molecular flexibility index (Phi) is 6.20. The summed E-state index contributed by atoms with van der Waals surface area (Å²) in [5.41, 5.74) is 0.267. The summed E-state index contributed by atoms with van der Waals surface area (Å²) in [5, 5.41) is 14.5. The van der Waals surface area contributed by atoms with Gasteiger partial charge in [0.15, 0.2) is 11.2 Å². The molecule has 1 fully saturated rings. The molecule has 32 heavy (non-hydrogen) atoms. The van der Waals surface area contributed by atoms with Gasteiger partial charge in [0.2, 0.25) is 0 Å². The highest BCUT2D eigenvalue weighted by Gasteiger charge is 2.23. The zero-order valence-electron chi connectivity index (χ0n) is 16.8. The summed E-state index contributed by atoms with van der Waals surface area (Å²) in [7, 11) is 0. The number of non-ortho nitro benzene ring substituents is 1. The van der Waals surface area contributed by atoms with E-state index in [-0.39, 0.29) is 28.5 Å². The molecule has 4 rings (SSSR count). The maximum atomic E-state index is 13.4. The number of fused-ring (bicyclic) bond motifs is 1. The molecule has 1 aliphatic rings. The molecule has 8 nitrogen and oxygen atoms in total. The Bertz CT molecular complexity index is 1250. The van der Waals surface area contributed by atoms with E-state index in [0.29, 0.717) is 43.1 Å². The highest BCUT2D eigenvalue weighted by atomic mass is 35.5. The predicted octanol–water partition coefficient (Wildman–Crippen LogP) is 3.89. The van der Waals surface area contributed by atoms with Crippen molar-refractivity contribution in [1.82, 2.24) is 10.2 Å². The van der Waals surface area contributed by atoms with Crippen LogP contribution in [0, 0.1) is 15.9 Å². The second kappa shape index (κ2) is 9.05. The predicted molar refractivity (Wildman–Crippen MR) is 116 cm³/mol. The maximum absolute atomic E-state index is 13.4. The number of halogens is 2. The van der Waals surface area contributed by atoms with Gasteiger partial charge in [0.1, 0.15) is 11.4 Å². The largest absolute Gasteiger partial charge is 0.451 e. The molecular formula is C22H19ClFN3O5. The third-order valence-corrected chi connectivity index (χ3v) is 5.84. The number of hydrogen-bond acceptors (Lipinski definition) is 6. The quantitative estimate of drug-likeness (QED) is 0.458. The number of benzene rings is 2. The van der Waals surface area contributed by atoms with Crippen LogP contribution in [-0.4, -0.2) is 34.9 Å². The first kappa shape index (κ1) is 21.9. The normalized spacial score (nSPS) is 15.1. The van der Waals surface area contributed by atoms with Gasteiger partial charge in [-0.25, -0.2) is 4.39 Å². The molecule has 0 saturated carbocycles. The van der Waals surface area contributed by atoms with Crippen LogP contribution in [0.2, 0.25) is 5.02 Å². The fraction of sp³-hybridized carbons (Fsp3) is 0.273. The second-order valence-electron chi connectivity index (χ2n) is 7.67. The van der Waals surface area contributed by atoms with E-state index in [1.807, 2.05) is 0 Å². The molecule has 2 aromatic carbocycles. The standard InChI is InChI=1S/C22H19ClFN3O5/c23-18-4-2-16(27(30)31)9-13(18)12-26-7-5-15(6-8-26)25-22(29)21-11-19(28)17-3-1-14(24)10-20(17)32-21/h1-4,9-11,15H,5-8,12H2,(H,25,29). The maximum Gasteiger partial charge on any atom is 0.287 e. The van der Waals surface area contributed by atoms with Crippen molar-refractivity contribution in [3.8, 4) is 0 Å². The van der Waals surface area contributed by atoms with E-state index < -0.39 is 22.1 Å². The summed E-state index contributed by atoms with van der Waals surface area (Å²) < 4.78 is 18.9. The first-order valence-corrected chi connectivity index (χ1v) is 10.4. The van der Waals surface area contributed by atoms with Crippen molar-refractivity contribution < 1.29 is 18.5 Å². The van der Waals surface area contributed by atoms with E-state index in [0.717, 1.165) is 18.2 Å². The Hall–Kier alpha value is -3.30. The lowest BCUT2D eigenvalue weighted by atomic mass is 10.0. The van der Waals surface area contributed by atoms with Crippen LogP contribution in [0.4, 0.5) is 10.1 Å². The molecule has 1 aliphatic heterocycles. The van der Waals surface area contributed by atoms with Crippen LogP contribution in [0.3, 0.4) is 0 Å². The van der Waals surface area contributed by atoms with Crippen LogP contribution in [0.25, 0.3) is 11.0 Å². The molecule has 0 aliphatic carbocycles. The molecule has 0 atom stereocenters. The van der Waals surface area contributed by atoms with Gasteiger partial charge in [0, 0.05) is 55.0 Å². The minimum absolute atomic E-state index is 0.0108. The zero-order chi connectivity index (χ0) is 22.8. The molecule has 10 heteroatoms. The summed E-state index contributed by atoms with van der Waals surface area (Å²) in [5.74, 6) is -1.26. The first-order valence-electron chi connectivity index (χ1n) is 9.99. The second-order valence-corrected chi connectivity index (χ2v) is 8.08. The fourth-order valence-corrected chi connectivity index (χ4v) is 3.95. The summed E-state index contributed by atoms with van der Waals surface area (Å²) in [6, 6.07) is 8.89. The lowest BCUT2D eigenvalue weighted by Gasteiger charge is -2.32. The average molecular weight is 460 g/mol. The van der Waals surface area contributed by atoms with E-state index in [9.17, 15) is 24.1 Å². The third-order valence-electron chi connectivity index (χ3n) is 5.47. The van der Waals surface area contributed by atoms with Gasteiger partial charge >= 0.3 is 0 Å². The summed E-state index contributed by atoms with van der Waals surface area (Å²) in [6.07, 6.45) is 1.29. The van der Waals surface area contributed by atoms with Gasteiger partial charge < -0.3 is 9.73 Å². The monoisotopic (exact) mass is 459 g/mol. The van der Waals surface area contributed by atoms with Gasteiger partial charge in [0.05, 0.1) is 10.3 Å². The number of rotatable bonds is 5. The van der Waals surface area contributed by atoms with E-state index in [1.165, 1.54) is 24.3 Å². The third kappa shape index (κ3) is 4.79. The summed E-state index contributed by atoms with van der Waals surface area (Å²) in [6.45, 7) is 1.76. The first-order chi connectivity index (χ1) is 15.3. The van der Waals surface area contributed by atoms with Gasteiger partial charge in [-0.3, -0.25) is 24.6 Å². The molecule has 0 spiro atoms. The number of nitrogens with one attached hydrogen (secondary N) is 1.